The molecule has 0 saturated heterocycles. The molecule has 0 bridgehead atoms. The van der Waals surface area contributed by atoms with Crippen LogP contribution in [0.5, 0.6) is 0 Å². The highest BCUT2D eigenvalue weighted by atomic mass is 32.2. The first-order valence-corrected chi connectivity index (χ1v) is 7.08. The Kier molecular flexibility index (Phi) is 5.13. The van der Waals surface area contributed by atoms with Gasteiger partial charge in [0.2, 0.25) is 0 Å². The topological polar surface area (TPSA) is 34.1 Å². The molecule has 0 aromatic rings. The normalized spacial score (nSPS) is 13.6. The summed E-state index contributed by atoms with van der Waals surface area (Å²) in [5.74, 6) is 0.348. The lowest BCUT2D eigenvalue weighted by atomic mass is 9.90. The third kappa shape index (κ3) is 6.41. The standard InChI is InChI=1S/C11H24O2S/c1-10(2)14(12,13)9-7-6-8-11(3,4)5/h10H,6-9H2,1-5H3. The summed E-state index contributed by atoms with van der Waals surface area (Å²) in [6.07, 6.45) is 2.91. The van der Waals surface area contributed by atoms with Crippen LogP contribution in [0.3, 0.4) is 0 Å². The van der Waals surface area contributed by atoms with Crippen LogP contribution in [-0.4, -0.2) is 19.4 Å². The Morgan fingerprint density at radius 1 is 1.07 bits per heavy atom. The molecule has 0 saturated carbocycles. The van der Waals surface area contributed by atoms with Gasteiger partial charge in [0.05, 0.1) is 11.0 Å². The molecule has 86 valence electrons. The van der Waals surface area contributed by atoms with Crippen LogP contribution in [-0.2, 0) is 9.84 Å². The van der Waals surface area contributed by atoms with Crippen molar-refractivity contribution >= 4 is 9.84 Å². The summed E-state index contributed by atoms with van der Waals surface area (Å²) in [7, 11) is -2.82. The summed E-state index contributed by atoms with van der Waals surface area (Å²) in [5.41, 5.74) is 0.321. The molecule has 0 radical (unpaired) electrons. The van der Waals surface area contributed by atoms with Gasteiger partial charge in [-0.1, -0.05) is 27.2 Å². The average Bonchev–Trinajstić information content (AvgIpc) is 1.96. The molecule has 0 N–H and O–H groups in total. The van der Waals surface area contributed by atoms with Crippen molar-refractivity contribution in [1.82, 2.24) is 0 Å². The summed E-state index contributed by atoms with van der Waals surface area (Å²) in [4.78, 5) is 0. The SMILES string of the molecule is CC(C)S(=O)(=O)CCCCC(C)(C)C. The summed E-state index contributed by atoms with van der Waals surface area (Å²) in [6, 6.07) is 0. The second kappa shape index (κ2) is 5.15. The molecule has 0 fully saturated rings. The molecule has 0 aliphatic heterocycles. The lowest BCUT2D eigenvalue weighted by Gasteiger charge is -2.17. The highest BCUT2D eigenvalue weighted by Gasteiger charge is 2.16. The van der Waals surface area contributed by atoms with E-state index >= 15 is 0 Å². The van der Waals surface area contributed by atoms with Crippen LogP contribution in [0.1, 0.15) is 53.9 Å². The predicted octanol–water partition coefficient (Wildman–Crippen LogP) is 3.03. The number of sulfone groups is 1. The van der Waals surface area contributed by atoms with Gasteiger partial charge in [0, 0.05) is 0 Å². The van der Waals surface area contributed by atoms with Crippen LogP contribution >= 0.6 is 0 Å². The smallest absolute Gasteiger partial charge is 0.152 e. The van der Waals surface area contributed by atoms with Gasteiger partial charge in [-0.2, -0.15) is 0 Å². The van der Waals surface area contributed by atoms with E-state index in [2.05, 4.69) is 20.8 Å². The van der Waals surface area contributed by atoms with E-state index in [1.165, 1.54) is 0 Å². The zero-order valence-corrected chi connectivity index (χ0v) is 10.9. The van der Waals surface area contributed by atoms with Crippen LogP contribution in [0.25, 0.3) is 0 Å². The summed E-state index contributed by atoms with van der Waals surface area (Å²) >= 11 is 0. The van der Waals surface area contributed by atoms with E-state index in [4.69, 9.17) is 0 Å². The van der Waals surface area contributed by atoms with Gasteiger partial charge in [-0.05, 0) is 32.1 Å². The van der Waals surface area contributed by atoms with Crippen LogP contribution < -0.4 is 0 Å². The largest absolute Gasteiger partial charge is 0.229 e. The lowest BCUT2D eigenvalue weighted by molar-refractivity contribution is 0.363. The number of hydrogen-bond donors (Lipinski definition) is 0. The van der Waals surface area contributed by atoms with E-state index in [9.17, 15) is 8.42 Å². The lowest BCUT2D eigenvalue weighted by Crippen LogP contribution is -2.18. The van der Waals surface area contributed by atoms with Crippen LogP contribution in [0, 0.1) is 5.41 Å². The Labute approximate surface area is 89.0 Å². The van der Waals surface area contributed by atoms with Crippen molar-refractivity contribution in [1.29, 1.82) is 0 Å². The van der Waals surface area contributed by atoms with Crippen molar-refractivity contribution in [3.8, 4) is 0 Å². The summed E-state index contributed by atoms with van der Waals surface area (Å²) < 4.78 is 22.9. The predicted molar refractivity (Wildman–Crippen MR) is 62.2 cm³/mol. The third-order valence-corrected chi connectivity index (χ3v) is 4.62. The Bertz CT molecular complexity index is 245. The van der Waals surface area contributed by atoms with Crippen LogP contribution in [0.2, 0.25) is 0 Å². The fourth-order valence-corrected chi connectivity index (χ4v) is 2.27. The minimum atomic E-state index is -2.82. The summed E-state index contributed by atoms with van der Waals surface area (Å²) in [5, 5.41) is -0.225. The second-order valence-electron chi connectivity index (χ2n) is 5.43. The maximum atomic E-state index is 11.5. The molecule has 0 spiro atoms. The summed E-state index contributed by atoms with van der Waals surface area (Å²) in [6.45, 7) is 10.1. The van der Waals surface area contributed by atoms with E-state index < -0.39 is 9.84 Å². The molecule has 0 amide bonds. The van der Waals surface area contributed by atoms with Gasteiger partial charge in [0.1, 0.15) is 0 Å². The molecule has 0 heterocycles. The third-order valence-electron chi connectivity index (χ3n) is 2.32. The van der Waals surface area contributed by atoms with Crippen LogP contribution in [0.4, 0.5) is 0 Å². The molecule has 0 aliphatic carbocycles. The fourth-order valence-electron chi connectivity index (χ4n) is 1.19. The molecule has 14 heavy (non-hydrogen) atoms. The zero-order valence-electron chi connectivity index (χ0n) is 10.1. The fraction of sp³-hybridized carbons (Fsp3) is 1.00. The number of rotatable bonds is 5. The molecule has 0 aromatic carbocycles. The van der Waals surface area contributed by atoms with Gasteiger partial charge < -0.3 is 0 Å². The van der Waals surface area contributed by atoms with E-state index in [0.717, 1.165) is 19.3 Å². The zero-order chi connectivity index (χ0) is 11.4. The van der Waals surface area contributed by atoms with Gasteiger partial charge in [-0.25, -0.2) is 8.42 Å². The van der Waals surface area contributed by atoms with Gasteiger partial charge >= 0.3 is 0 Å². The van der Waals surface area contributed by atoms with Crippen molar-refractivity contribution in [3.63, 3.8) is 0 Å². The average molecular weight is 220 g/mol. The highest BCUT2D eigenvalue weighted by molar-refractivity contribution is 7.91. The first-order valence-electron chi connectivity index (χ1n) is 5.37. The molecule has 2 nitrogen and oxygen atoms in total. The molecular formula is C11H24O2S. The molecule has 0 atom stereocenters. The van der Waals surface area contributed by atoms with Gasteiger partial charge in [-0.15, -0.1) is 0 Å². The number of hydrogen-bond acceptors (Lipinski definition) is 2. The van der Waals surface area contributed by atoms with Crippen molar-refractivity contribution in [3.05, 3.63) is 0 Å². The Morgan fingerprint density at radius 3 is 1.93 bits per heavy atom. The van der Waals surface area contributed by atoms with Gasteiger partial charge in [-0.3, -0.25) is 0 Å². The maximum absolute atomic E-state index is 11.5. The van der Waals surface area contributed by atoms with Gasteiger partial charge in [0.25, 0.3) is 0 Å². The van der Waals surface area contributed by atoms with Crippen molar-refractivity contribution in [2.45, 2.75) is 59.1 Å². The first kappa shape index (κ1) is 13.9. The monoisotopic (exact) mass is 220 g/mol. The number of unbranched alkanes of at least 4 members (excludes halogenated alkanes) is 1. The van der Waals surface area contributed by atoms with Crippen LogP contribution in [0.15, 0.2) is 0 Å². The molecule has 0 aromatic heterocycles. The molecule has 0 unspecified atom stereocenters. The molecule has 0 aliphatic rings. The molecular weight excluding hydrogens is 196 g/mol. The second-order valence-corrected chi connectivity index (χ2v) is 8.11. The van der Waals surface area contributed by atoms with Crippen molar-refractivity contribution in [2.24, 2.45) is 5.41 Å². The van der Waals surface area contributed by atoms with Crippen molar-refractivity contribution in [2.75, 3.05) is 5.75 Å². The minimum absolute atomic E-state index is 0.225. The Hall–Kier alpha value is -0.0500. The van der Waals surface area contributed by atoms with Crippen molar-refractivity contribution < 1.29 is 8.42 Å². The Balaban J connectivity index is 3.77. The van der Waals surface area contributed by atoms with Gasteiger partial charge in [0.15, 0.2) is 9.84 Å². The molecule has 0 rings (SSSR count). The molecule has 3 heteroatoms. The quantitative estimate of drug-likeness (QED) is 0.667. The van der Waals surface area contributed by atoms with E-state index in [1.54, 1.807) is 13.8 Å². The van der Waals surface area contributed by atoms with E-state index in [1.807, 2.05) is 0 Å². The maximum Gasteiger partial charge on any atom is 0.152 e. The van der Waals surface area contributed by atoms with E-state index in [-0.39, 0.29) is 5.25 Å². The highest BCUT2D eigenvalue weighted by Crippen LogP contribution is 2.21. The minimum Gasteiger partial charge on any atom is -0.229 e. The Morgan fingerprint density at radius 2 is 1.57 bits per heavy atom. The van der Waals surface area contributed by atoms with E-state index in [0.29, 0.717) is 11.2 Å². The first-order chi connectivity index (χ1) is 6.15.